The summed E-state index contributed by atoms with van der Waals surface area (Å²) in [5, 5.41) is 0. The number of hydrogen-bond acceptors (Lipinski definition) is 3. The van der Waals surface area contributed by atoms with E-state index in [1.807, 2.05) is 12.1 Å². The lowest BCUT2D eigenvalue weighted by atomic mass is 10.0. The van der Waals surface area contributed by atoms with E-state index in [4.69, 9.17) is 4.74 Å². The molecule has 1 saturated heterocycles. The highest BCUT2D eigenvalue weighted by atomic mass is 19.4. The molecule has 1 unspecified atom stereocenters. The van der Waals surface area contributed by atoms with E-state index in [0.29, 0.717) is 24.6 Å². The standard InChI is InChI=1S/C19H25F3N2O3/c1-13(2)15-5-7-16(8-6-15)27-14(3)17(25)23-9-4-10-24(12-11-23)18(26)19(20,21)22/h5-8,13-14H,4,9-12H2,1-3H3. The van der Waals surface area contributed by atoms with Crippen molar-refractivity contribution in [3.05, 3.63) is 29.8 Å². The maximum atomic E-state index is 12.6. The Balaban J connectivity index is 1.93. The van der Waals surface area contributed by atoms with Crippen molar-refractivity contribution >= 4 is 11.8 Å². The fourth-order valence-corrected chi connectivity index (χ4v) is 2.96. The van der Waals surface area contributed by atoms with E-state index in [0.717, 1.165) is 10.5 Å². The van der Waals surface area contributed by atoms with Gasteiger partial charge in [-0.3, -0.25) is 9.59 Å². The summed E-state index contributed by atoms with van der Waals surface area (Å²) in [5.41, 5.74) is 1.16. The summed E-state index contributed by atoms with van der Waals surface area (Å²) >= 11 is 0. The molecule has 2 amide bonds. The maximum Gasteiger partial charge on any atom is 0.471 e. The summed E-state index contributed by atoms with van der Waals surface area (Å²) in [6.07, 6.45) is -5.36. The van der Waals surface area contributed by atoms with Gasteiger partial charge in [-0.25, -0.2) is 0 Å². The maximum absolute atomic E-state index is 12.6. The normalized spacial score (nSPS) is 16.9. The van der Waals surface area contributed by atoms with Gasteiger partial charge in [0.25, 0.3) is 5.91 Å². The molecule has 150 valence electrons. The van der Waals surface area contributed by atoms with Crippen LogP contribution in [0, 0.1) is 0 Å². The third kappa shape index (κ3) is 5.61. The number of rotatable bonds is 4. The summed E-state index contributed by atoms with van der Waals surface area (Å²) in [5.74, 6) is -1.21. The van der Waals surface area contributed by atoms with E-state index in [9.17, 15) is 22.8 Å². The van der Waals surface area contributed by atoms with Crippen LogP contribution in [0.3, 0.4) is 0 Å². The quantitative estimate of drug-likeness (QED) is 0.799. The lowest BCUT2D eigenvalue weighted by Gasteiger charge is -2.25. The Morgan fingerprint density at radius 2 is 1.52 bits per heavy atom. The molecule has 0 aliphatic carbocycles. The number of ether oxygens (including phenoxy) is 1. The molecule has 0 bridgehead atoms. The summed E-state index contributed by atoms with van der Waals surface area (Å²) in [6, 6.07) is 7.46. The van der Waals surface area contributed by atoms with Crippen molar-refractivity contribution < 1.29 is 27.5 Å². The first-order valence-electron chi connectivity index (χ1n) is 9.01. The minimum atomic E-state index is -4.89. The molecule has 0 saturated carbocycles. The Morgan fingerprint density at radius 3 is 2.07 bits per heavy atom. The molecular weight excluding hydrogens is 361 g/mol. The van der Waals surface area contributed by atoms with Crippen LogP contribution in [0.15, 0.2) is 24.3 Å². The molecule has 1 aromatic rings. The lowest BCUT2D eigenvalue weighted by Crippen LogP contribution is -2.45. The predicted octanol–water partition coefficient (Wildman–Crippen LogP) is 3.20. The van der Waals surface area contributed by atoms with Crippen molar-refractivity contribution in [3.8, 4) is 5.75 Å². The van der Waals surface area contributed by atoms with Crippen LogP contribution >= 0.6 is 0 Å². The zero-order chi connectivity index (χ0) is 20.2. The van der Waals surface area contributed by atoms with Gasteiger partial charge in [0.05, 0.1) is 0 Å². The van der Waals surface area contributed by atoms with E-state index in [1.165, 1.54) is 4.90 Å². The Bertz CT molecular complexity index is 659. The summed E-state index contributed by atoms with van der Waals surface area (Å²) in [6.45, 7) is 5.96. The Labute approximate surface area is 157 Å². The third-order valence-electron chi connectivity index (χ3n) is 4.54. The highest BCUT2D eigenvalue weighted by molar-refractivity contribution is 5.83. The zero-order valence-corrected chi connectivity index (χ0v) is 15.8. The Morgan fingerprint density at radius 1 is 0.963 bits per heavy atom. The number of nitrogens with zero attached hydrogens (tertiary/aromatic N) is 2. The molecule has 1 heterocycles. The fraction of sp³-hybridized carbons (Fsp3) is 0.579. The van der Waals surface area contributed by atoms with Crippen molar-refractivity contribution in [2.24, 2.45) is 0 Å². The molecule has 1 fully saturated rings. The average molecular weight is 386 g/mol. The molecule has 1 aliphatic heterocycles. The molecule has 2 rings (SSSR count). The van der Waals surface area contributed by atoms with Crippen LogP contribution in [0.5, 0.6) is 5.75 Å². The molecule has 5 nitrogen and oxygen atoms in total. The Hall–Kier alpha value is -2.25. The van der Waals surface area contributed by atoms with E-state index in [1.54, 1.807) is 19.1 Å². The molecular formula is C19H25F3N2O3. The van der Waals surface area contributed by atoms with Crippen molar-refractivity contribution in [1.82, 2.24) is 9.80 Å². The average Bonchev–Trinajstić information content (AvgIpc) is 2.86. The highest BCUT2D eigenvalue weighted by Gasteiger charge is 2.42. The predicted molar refractivity (Wildman–Crippen MR) is 94.5 cm³/mol. The second kappa shape index (κ2) is 8.63. The van der Waals surface area contributed by atoms with Gasteiger partial charge in [-0.15, -0.1) is 0 Å². The van der Waals surface area contributed by atoms with Gasteiger partial charge in [-0.05, 0) is 37.0 Å². The first-order chi connectivity index (χ1) is 12.6. The molecule has 0 aromatic heterocycles. The van der Waals surface area contributed by atoms with Gasteiger partial charge >= 0.3 is 12.1 Å². The molecule has 1 aromatic carbocycles. The summed E-state index contributed by atoms with van der Waals surface area (Å²) < 4.78 is 43.4. The second-order valence-electron chi connectivity index (χ2n) is 6.95. The van der Waals surface area contributed by atoms with Gasteiger partial charge < -0.3 is 14.5 Å². The molecule has 1 atom stereocenters. The van der Waals surface area contributed by atoms with E-state index < -0.39 is 18.2 Å². The lowest BCUT2D eigenvalue weighted by molar-refractivity contribution is -0.185. The fourth-order valence-electron chi connectivity index (χ4n) is 2.96. The second-order valence-corrected chi connectivity index (χ2v) is 6.95. The number of carbonyl (C=O) groups is 2. The minimum absolute atomic E-state index is 0.0198. The molecule has 0 spiro atoms. The van der Waals surface area contributed by atoms with E-state index in [2.05, 4.69) is 13.8 Å². The molecule has 0 N–H and O–H groups in total. The van der Waals surface area contributed by atoms with Gasteiger partial charge in [0.2, 0.25) is 0 Å². The molecule has 8 heteroatoms. The highest BCUT2D eigenvalue weighted by Crippen LogP contribution is 2.21. The van der Waals surface area contributed by atoms with Gasteiger partial charge in [-0.2, -0.15) is 13.2 Å². The monoisotopic (exact) mass is 386 g/mol. The number of halogens is 3. The van der Waals surface area contributed by atoms with Crippen LogP contribution in [0.25, 0.3) is 0 Å². The van der Waals surface area contributed by atoms with Crippen molar-refractivity contribution in [2.45, 2.75) is 45.4 Å². The van der Waals surface area contributed by atoms with Crippen LogP contribution in [0.4, 0.5) is 13.2 Å². The van der Waals surface area contributed by atoms with Gasteiger partial charge in [-0.1, -0.05) is 26.0 Å². The minimum Gasteiger partial charge on any atom is -0.481 e. The third-order valence-corrected chi connectivity index (χ3v) is 4.54. The van der Waals surface area contributed by atoms with Crippen LogP contribution < -0.4 is 4.74 Å². The van der Waals surface area contributed by atoms with Gasteiger partial charge in [0.15, 0.2) is 6.10 Å². The number of benzene rings is 1. The van der Waals surface area contributed by atoms with Crippen molar-refractivity contribution in [1.29, 1.82) is 0 Å². The van der Waals surface area contributed by atoms with Gasteiger partial charge in [0.1, 0.15) is 5.75 Å². The largest absolute Gasteiger partial charge is 0.481 e. The van der Waals surface area contributed by atoms with Crippen molar-refractivity contribution in [3.63, 3.8) is 0 Å². The number of hydrogen-bond donors (Lipinski definition) is 0. The van der Waals surface area contributed by atoms with E-state index in [-0.39, 0.29) is 25.5 Å². The number of carbonyl (C=O) groups excluding carboxylic acids is 2. The van der Waals surface area contributed by atoms with Crippen molar-refractivity contribution in [2.75, 3.05) is 26.2 Å². The topological polar surface area (TPSA) is 49.9 Å². The summed E-state index contributed by atoms with van der Waals surface area (Å²) in [4.78, 5) is 26.2. The zero-order valence-electron chi connectivity index (χ0n) is 15.8. The number of alkyl halides is 3. The number of amides is 2. The molecule has 0 radical (unpaired) electrons. The summed E-state index contributed by atoms with van der Waals surface area (Å²) in [7, 11) is 0. The van der Waals surface area contributed by atoms with E-state index >= 15 is 0 Å². The smallest absolute Gasteiger partial charge is 0.471 e. The van der Waals surface area contributed by atoms with Crippen LogP contribution in [-0.4, -0.2) is 60.1 Å². The van der Waals surface area contributed by atoms with Crippen LogP contribution in [0.1, 0.15) is 38.7 Å². The van der Waals surface area contributed by atoms with Gasteiger partial charge in [0, 0.05) is 26.2 Å². The SMILES string of the molecule is CC(Oc1ccc(C(C)C)cc1)C(=O)N1CCCN(C(=O)C(F)(F)F)CC1. The van der Waals surface area contributed by atoms with Crippen LogP contribution in [-0.2, 0) is 9.59 Å². The molecule has 27 heavy (non-hydrogen) atoms. The van der Waals surface area contributed by atoms with Crippen LogP contribution in [0.2, 0.25) is 0 Å². The Kier molecular flexibility index (Phi) is 6.73. The molecule has 1 aliphatic rings. The first-order valence-corrected chi connectivity index (χ1v) is 9.01. The first kappa shape index (κ1) is 21.1.